The maximum Gasteiger partial charge on any atom is 0.460 e. The lowest BCUT2D eigenvalue weighted by Crippen LogP contribution is -2.52. The second kappa shape index (κ2) is 6.85. The van der Waals surface area contributed by atoms with Crippen molar-refractivity contribution in [2.24, 2.45) is 0 Å². The van der Waals surface area contributed by atoms with Gasteiger partial charge in [0.25, 0.3) is 0 Å². The molecule has 1 rings (SSSR count). The molecule has 0 saturated heterocycles. The average Bonchev–Trinajstić information content (AvgIpc) is 2.50. The van der Waals surface area contributed by atoms with Gasteiger partial charge in [-0.3, -0.25) is 0 Å². The fraction of sp³-hybridized carbons (Fsp3) is 0.600. The number of alkyl halides is 14. The van der Waals surface area contributed by atoms with Crippen LogP contribution in [0.25, 0.3) is 0 Å². The van der Waals surface area contributed by atoms with Gasteiger partial charge in [0, 0.05) is 16.7 Å². The first kappa shape index (κ1) is 26.2. The molecule has 0 amide bonds. The average molecular weight is 471 g/mol. The summed E-state index contributed by atoms with van der Waals surface area (Å²) in [7, 11) is 0. The summed E-state index contributed by atoms with van der Waals surface area (Å²) in [6.07, 6.45) is -14.0. The predicted molar refractivity (Wildman–Crippen MR) is 69.9 cm³/mol. The summed E-state index contributed by atoms with van der Waals surface area (Å²) in [4.78, 5) is 0. The molecular weight excluding hydrogens is 462 g/mol. The molecular formula is C15H9F14O. The summed E-state index contributed by atoms with van der Waals surface area (Å²) in [5.74, 6) is -27.0. The van der Waals surface area contributed by atoms with Crippen LogP contribution in [0.1, 0.15) is 30.5 Å². The Morgan fingerprint density at radius 2 is 0.833 bits per heavy atom. The van der Waals surface area contributed by atoms with Crippen LogP contribution in [0.15, 0.2) is 18.2 Å². The van der Waals surface area contributed by atoms with Gasteiger partial charge in [0.15, 0.2) is 0 Å². The van der Waals surface area contributed by atoms with Crippen molar-refractivity contribution in [2.45, 2.75) is 55.5 Å². The molecule has 0 N–H and O–H groups in total. The zero-order valence-corrected chi connectivity index (χ0v) is 14.4. The van der Waals surface area contributed by atoms with Gasteiger partial charge in [-0.25, -0.2) is 5.11 Å². The zero-order chi connectivity index (χ0) is 24.4. The van der Waals surface area contributed by atoms with Gasteiger partial charge >= 0.3 is 36.0 Å². The summed E-state index contributed by atoms with van der Waals surface area (Å²) in [6.45, 7) is 0.248. The lowest BCUT2D eigenvalue weighted by molar-refractivity contribution is -0.361. The minimum Gasteiger partial charge on any atom is -0.225 e. The normalized spacial score (nSPS) is 15.5. The fourth-order valence-corrected chi connectivity index (χ4v) is 2.42. The molecule has 1 aromatic carbocycles. The molecule has 0 heterocycles. The number of hydrogen-bond acceptors (Lipinski definition) is 0. The van der Waals surface area contributed by atoms with Crippen molar-refractivity contribution in [1.82, 2.24) is 0 Å². The molecule has 0 aliphatic heterocycles. The minimum absolute atomic E-state index is 0.124. The molecule has 1 aromatic rings. The van der Waals surface area contributed by atoms with E-state index in [9.17, 15) is 66.6 Å². The van der Waals surface area contributed by atoms with Gasteiger partial charge in [-0.1, -0.05) is 18.2 Å². The third-order valence-electron chi connectivity index (χ3n) is 3.84. The Morgan fingerprint density at radius 3 is 1.03 bits per heavy atom. The van der Waals surface area contributed by atoms with Gasteiger partial charge in [0.05, 0.1) is 0 Å². The molecule has 0 spiro atoms. The van der Waals surface area contributed by atoms with Crippen LogP contribution in [-0.4, -0.2) is 24.2 Å². The molecule has 1 radical (unpaired) electrons. The SMILES string of the molecule is CC(C)([O])c1c(C(F)(F)C(F)(F)C(F)(F)F)cccc1C(F)(F)C(F)(F)C(F)(F)F. The van der Waals surface area contributed by atoms with E-state index >= 15 is 0 Å². The van der Waals surface area contributed by atoms with E-state index in [1.165, 1.54) is 0 Å². The minimum atomic E-state index is -7.00. The molecule has 1 nitrogen and oxygen atoms in total. The first-order valence-corrected chi connectivity index (χ1v) is 7.34. The molecule has 0 saturated carbocycles. The van der Waals surface area contributed by atoms with E-state index < -0.39 is 58.3 Å². The van der Waals surface area contributed by atoms with Crippen molar-refractivity contribution < 1.29 is 66.6 Å². The molecule has 0 aromatic heterocycles. The van der Waals surface area contributed by atoms with Crippen LogP contribution in [0.5, 0.6) is 0 Å². The quantitative estimate of drug-likeness (QED) is 0.415. The Bertz CT molecular complexity index is 726. The molecule has 0 bridgehead atoms. The van der Waals surface area contributed by atoms with Crippen LogP contribution < -0.4 is 0 Å². The second-order valence-electron chi connectivity index (χ2n) is 6.53. The maximum atomic E-state index is 14.1. The molecule has 0 atom stereocenters. The molecule has 0 unspecified atom stereocenters. The van der Waals surface area contributed by atoms with Gasteiger partial charge in [-0.2, -0.15) is 61.5 Å². The van der Waals surface area contributed by atoms with E-state index in [0.717, 1.165) is 0 Å². The zero-order valence-electron chi connectivity index (χ0n) is 14.4. The summed E-state index contributed by atoms with van der Waals surface area (Å²) in [6, 6.07) is -0.930. The summed E-state index contributed by atoms with van der Waals surface area (Å²) in [5.41, 5.74) is -11.6. The van der Waals surface area contributed by atoms with Crippen molar-refractivity contribution >= 4 is 0 Å². The first-order valence-electron chi connectivity index (χ1n) is 7.34. The van der Waals surface area contributed by atoms with E-state index in [1.54, 1.807) is 0 Å². The third-order valence-corrected chi connectivity index (χ3v) is 3.84. The standard InChI is InChI=1S/C15H9F14O/c1-9(2,30)8-6(10(16,17)12(20,21)14(24,25)26)4-3-5-7(8)11(18,19)13(22,23)15(27,28)29/h3-5H,1-2H3. The Hall–Kier alpha value is -1.80. The van der Waals surface area contributed by atoms with E-state index in [4.69, 9.17) is 0 Å². The van der Waals surface area contributed by atoms with Crippen LogP contribution in [0.3, 0.4) is 0 Å². The molecule has 173 valence electrons. The van der Waals surface area contributed by atoms with Gasteiger partial charge in [-0.15, -0.1) is 0 Å². The molecule has 0 fully saturated rings. The monoisotopic (exact) mass is 471 g/mol. The van der Waals surface area contributed by atoms with Crippen molar-refractivity contribution in [3.05, 3.63) is 34.9 Å². The molecule has 15 heteroatoms. The van der Waals surface area contributed by atoms with Crippen LogP contribution in [0.4, 0.5) is 61.5 Å². The Labute approximate surface area is 158 Å². The maximum absolute atomic E-state index is 14.1. The van der Waals surface area contributed by atoms with Gasteiger partial charge in [0.1, 0.15) is 5.60 Å². The number of halogens is 14. The van der Waals surface area contributed by atoms with Gasteiger partial charge in [-0.05, 0) is 13.8 Å². The Balaban J connectivity index is 4.05. The number of hydrogen-bond donors (Lipinski definition) is 0. The van der Waals surface area contributed by atoms with E-state index in [-0.39, 0.29) is 32.0 Å². The second-order valence-corrected chi connectivity index (χ2v) is 6.53. The Kier molecular flexibility index (Phi) is 5.99. The van der Waals surface area contributed by atoms with E-state index in [1.807, 2.05) is 0 Å². The van der Waals surface area contributed by atoms with Crippen molar-refractivity contribution in [1.29, 1.82) is 0 Å². The first-order chi connectivity index (χ1) is 12.8. The van der Waals surface area contributed by atoms with Crippen LogP contribution >= 0.6 is 0 Å². The van der Waals surface area contributed by atoms with E-state index in [0.29, 0.717) is 0 Å². The van der Waals surface area contributed by atoms with Gasteiger partial charge < -0.3 is 0 Å². The highest BCUT2D eigenvalue weighted by Gasteiger charge is 2.76. The largest absolute Gasteiger partial charge is 0.460 e. The summed E-state index contributed by atoms with van der Waals surface area (Å²) >= 11 is 0. The highest BCUT2D eigenvalue weighted by Crippen LogP contribution is 2.57. The highest BCUT2D eigenvalue weighted by atomic mass is 19.4. The number of rotatable bonds is 5. The lowest BCUT2D eigenvalue weighted by atomic mass is 9.81. The smallest absolute Gasteiger partial charge is 0.225 e. The van der Waals surface area contributed by atoms with Crippen LogP contribution in [-0.2, 0) is 22.6 Å². The predicted octanol–water partition coefficient (Wildman–Crippen LogP) is 6.93. The van der Waals surface area contributed by atoms with Crippen molar-refractivity contribution in [3.8, 4) is 0 Å². The van der Waals surface area contributed by atoms with Gasteiger partial charge in [0.2, 0.25) is 0 Å². The van der Waals surface area contributed by atoms with Crippen LogP contribution in [0.2, 0.25) is 0 Å². The molecule has 30 heavy (non-hydrogen) atoms. The van der Waals surface area contributed by atoms with Crippen LogP contribution in [0, 0.1) is 0 Å². The fourth-order valence-electron chi connectivity index (χ4n) is 2.42. The van der Waals surface area contributed by atoms with E-state index in [2.05, 4.69) is 0 Å². The summed E-state index contributed by atoms with van der Waals surface area (Å²) in [5, 5.41) is 12.1. The summed E-state index contributed by atoms with van der Waals surface area (Å²) < 4.78 is 184. The van der Waals surface area contributed by atoms with Crippen molar-refractivity contribution in [2.75, 3.05) is 0 Å². The lowest BCUT2D eigenvalue weighted by Gasteiger charge is -2.35. The highest BCUT2D eigenvalue weighted by molar-refractivity contribution is 5.45. The molecule has 0 aliphatic rings. The topological polar surface area (TPSA) is 19.9 Å². The Morgan fingerprint density at radius 1 is 0.567 bits per heavy atom. The molecule has 0 aliphatic carbocycles. The number of benzene rings is 1. The third kappa shape index (κ3) is 3.80. The van der Waals surface area contributed by atoms with Crippen molar-refractivity contribution in [3.63, 3.8) is 0 Å².